The van der Waals surface area contributed by atoms with E-state index in [4.69, 9.17) is 23.8 Å². The summed E-state index contributed by atoms with van der Waals surface area (Å²) in [5.41, 5.74) is 1.11. The van der Waals surface area contributed by atoms with Gasteiger partial charge in [0.1, 0.15) is 0 Å². The lowest BCUT2D eigenvalue weighted by atomic mass is 10.2. The minimum absolute atomic E-state index is 0.0356. The minimum atomic E-state index is -0.551. The van der Waals surface area contributed by atoms with E-state index in [9.17, 15) is 14.9 Å². The Morgan fingerprint density at radius 2 is 1.92 bits per heavy atom. The maximum Gasteiger partial charge on any atom is 0.271 e. The molecule has 6 nitrogen and oxygen atoms in total. The molecule has 0 atom stereocenters. The van der Waals surface area contributed by atoms with Crippen LogP contribution in [-0.4, -0.2) is 15.9 Å². The average molecular weight is 362 g/mol. The van der Waals surface area contributed by atoms with Crippen molar-refractivity contribution >= 4 is 52.3 Å². The van der Waals surface area contributed by atoms with E-state index in [1.165, 1.54) is 24.3 Å². The lowest BCUT2D eigenvalue weighted by Gasteiger charge is -2.09. The summed E-state index contributed by atoms with van der Waals surface area (Å²) in [5.74, 6) is -0.408. The van der Waals surface area contributed by atoms with Crippen LogP contribution in [0.15, 0.2) is 54.6 Å². The number of nitro benzene ring substituents is 1. The van der Waals surface area contributed by atoms with Gasteiger partial charge >= 0.3 is 0 Å². The topological polar surface area (TPSA) is 84.3 Å². The molecule has 24 heavy (non-hydrogen) atoms. The highest BCUT2D eigenvalue weighted by Gasteiger charge is 2.10. The van der Waals surface area contributed by atoms with Crippen molar-refractivity contribution in [2.75, 3.05) is 5.32 Å². The molecule has 0 aliphatic carbocycles. The fourth-order valence-electron chi connectivity index (χ4n) is 1.76. The van der Waals surface area contributed by atoms with Crippen LogP contribution in [-0.2, 0) is 4.79 Å². The highest BCUT2D eigenvalue weighted by atomic mass is 35.5. The number of nitrogens with one attached hydrogen (secondary N) is 2. The summed E-state index contributed by atoms with van der Waals surface area (Å²) >= 11 is 11.0. The third kappa shape index (κ3) is 5.15. The van der Waals surface area contributed by atoms with E-state index in [1.54, 1.807) is 6.08 Å². The van der Waals surface area contributed by atoms with Gasteiger partial charge in [0.15, 0.2) is 5.11 Å². The zero-order valence-electron chi connectivity index (χ0n) is 12.2. The van der Waals surface area contributed by atoms with E-state index in [2.05, 4.69) is 10.6 Å². The molecule has 1 amide bonds. The van der Waals surface area contributed by atoms with Gasteiger partial charge in [-0.05, 0) is 29.9 Å². The van der Waals surface area contributed by atoms with Gasteiger partial charge in [-0.25, -0.2) is 0 Å². The van der Waals surface area contributed by atoms with Gasteiger partial charge in [-0.1, -0.05) is 41.9 Å². The molecule has 2 aromatic carbocycles. The molecule has 122 valence electrons. The fraction of sp³-hybridized carbons (Fsp3) is 0. The number of thiocarbonyl (C=S) groups is 1. The largest absolute Gasteiger partial charge is 0.331 e. The van der Waals surface area contributed by atoms with Gasteiger partial charge in [-0.15, -0.1) is 0 Å². The van der Waals surface area contributed by atoms with E-state index in [1.807, 2.05) is 30.3 Å². The molecule has 2 N–H and O–H groups in total. The van der Waals surface area contributed by atoms with Gasteiger partial charge in [0.25, 0.3) is 5.69 Å². The Bertz CT molecular complexity index is 809. The Kier molecular flexibility index (Phi) is 6.00. The number of carbonyl (C=O) groups is 1. The smallest absolute Gasteiger partial charge is 0.271 e. The number of halogens is 1. The van der Waals surface area contributed by atoms with E-state index in [0.717, 1.165) is 5.56 Å². The number of hydrogen-bond acceptors (Lipinski definition) is 4. The van der Waals surface area contributed by atoms with Crippen molar-refractivity contribution in [2.45, 2.75) is 0 Å². The zero-order valence-corrected chi connectivity index (χ0v) is 13.8. The van der Waals surface area contributed by atoms with Crippen LogP contribution in [0.4, 0.5) is 11.4 Å². The molecule has 0 aliphatic heterocycles. The van der Waals surface area contributed by atoms with Crippen LogP contribution in [0.1, 0.15) is 5.56 Å². The van der Waals surface area contributed by atoms with Crippen LogP contribution in [0, 0.1) is 10.1 Å². The van der Waals surface area contributed by atoms with Crippen LogP contribution >= 0.6 is 23.8 Å². The molecule has 0 aliphatic rings. The number of nitro groups is 1. The summed E-state index contributed by atoms with van der Waals surface area (Å²) in [7, 11) is 0. The first kappa shape index (κ1) is 17.6. The first-order chi connectivity index (χ1) is 11.5. The molecular weight excluding hydrogens is 350 g/mol. The molecule has 0 fully saturated rings. The SMILES string of the molecule is O=C(C=Cc1ccccc1)NC(=S)Nc1ccc([N+](=O)[O-])cc1Cl. The van der Waals surface area contributed by atoms with E-state index in [-0.39, 0.29) is 15.8 Å². The van der Waals surface area contributed by atoms with Gasteiger partial charge in [0.05, 0.1) is 15.6 Å². The van der Waals surface area contributed by atoms with Crippen molar-refractivity contribution in [3.8, 4) is 0 Å². The highest BCUT2D eigenvalue weighted by Crippen LogP contribution is 2.26. The zero-order chi connectivity index (χ0) is 17.5. The standard InChI is InChI=1S/C16H12ClN3O3S/c17-13-10-12(20(22)23)7-8-14(13)18-16(24)19-15(21)9-6-11-4-2-1-3-5-11/h1-10H,(H2,18,19,21,24). The molecule has 0 spiro atoms. The second kappa shape index (κ2) is 8.19. The van der Waals surface area contributed by atoms with Gasteiger partial charge in [-0.3, -0.25) is 20.2 Å². The molecule has 0 bridgehead atoms. The van der Waals surface area contributed by atoms with Crippen molar-refractivity contribution in [3.63, 3.8) is 0 Å². The Labute approximate surface area is 148 Å². The quantitative estimate of drug-likeness (QED) is 0.375. The first-order valence-electron chi connectivity index (χ1n) is 6.75. The molecule has 2 aromatic rings. The van der Waals surface area contributed by atoms with Crippen LogP contribution in [0.5, 0.6) is 0 Å². The van der Waals surface area contributed by atoms with Crippen LogP contribution in [0.25, 0.3) is 6.08 Å². The number of non-ortho nitro benzene ring substituents is 1. The predicted octanol–water partition coefficient (Wildman–Crippen LogP) is 3.77. The Balaban J connectivity index is 1.94. The first-order valence-corrected chi connectivity index (χ1v) is 7.53. The van der Waals surface area contributed by atoms with Gasteiger partial charge in [-0.2, -0.15) is 0 Å². The molecule has 8 heteroatoms. The third-order valence-electron chi connectivity index (χ3n) is 2.88. The molecular formula is C16H12ClN3O3S. The summed E-state index contributed by atoms with van der Waals surface area (Å²) in [5, 5.41) is 16.0. The van der Waals surface area contributed by atoms with Crippen LogP contribution in [0.3, 0.4) is 0 Å². The van der Waals surface area contributed by atoms with Gasteiger partial charge in [0, 0.05) is 18.2 Å². The van der Waals surface area contributed by atoms with Crippen molar-refractivity contribution in [3.05, 3.63) is 75.3 Å². The molecule has 0 radical (unpaired) electrons. The van der Waals surface area contributed by atoms with Gasteiger partial charge in [0.2, 0.25) is 5.91 Å². The van der Waals surface area contributed by atoms with Crippen LogP contribution < -0.4 is 10.6 Å². The number of benzene rings is 2. The number of hydrogen-bond donors (Lipinski definition) is 2. The number of nitrogens with zero attached hydrogens (tertiary/aromatic N) is 1. The Morgan fingerprint density at radius 1 is 1.21 bits per heavy atom. The Hall–Kier alpha value is -2.77. The summed E-state index contributed by atoms with van der Waals surface area (Å²) in [4.78, 5) is 21.9. The van der Waals surface area contributed by atoms with Crippen molar-refractivity contribution < 1.29 is 9.72 Å². The number of amides is 1. The van der Waals surface area contributed by atoms with E-state index < -0.39 is 10.8 Å². The second-order valence-electron chi connectivity index (χ2n) is 4.61. The Morgan fingerprint density at radius 3 is 2.54 bits per heavy atom. The predicted molar refractivity (Wildman–Crippen MR) is 97.9 cm³/mol. The van der Waals surface area contributed by atoms with Crippen molar-refractivity contribution in [1.82, 2.24) is 5.32 Å². The highest BCUT2D eigenvalue weighted by molar-refractivity contribution is 7.80. The maximum atomic E-state index is 11.8. The van der Waals surface area contributed by atoms with Crippen LogP contribution in [0.2, 0.25) is 5.02 Å². The van der Waals surface area contributed by atoms with E-state index in [0.29, 0.717) is 5.69 Å². The summed E-state index contributed by atoms with van der Waals surface area (Å²) < 4.78 is 0. The normalized spacial score (nSPS) is 10.4. The van der Waals surface area contributed by atoms with Crippen molar-refractivity contribution in [2.24, 2.45) is 0 Å². The molecule has 0 aromatic heterocycles. The van der Waals surface area contributed by atoms with E-state index >= 15 is 0 Å². The second-order valence-corrected chi connectivity index (χ2v) is 5.42. The number of anilines is 1. The maximum absolute atomic E-state index is 11.8. The minimum Gasteiger partial charge on any atom is -0.331 e. The molecule has 0 saturated carbocycles. The third-order valence-corrected chi connectivity index (χ3v) is 3.39. The summed E-state index contributed by atoms with van der Waals surface area (Å²) in [6, 6.07) is 13.2. The lowest BCUT2D eigenvalue weighted by molar-refractivity contribution is -0.384. The molecule has 0 saturated heterocycles. The molecule has 0 heterocycles. The van der Waals surface area contributed by atoms with Crippen molar-refractivity contribution in [1.29, 1.82) is 0 Å². The lowest BCUT2D eigenvalue weighted by Crippen LogP contribution is -2.32. The van der Waals surface area contributed by atoms with Gasteiger partial charge < -0.3 is 5.32 Å². The molecule has 2 rings (SSSR count). The number of carbonyl (C=O) groups excluding carboxylic acids is 1. The molecule has 0 unspecified atom stereocenters. The average Bonchev–Trinajstić information content (AvgIpc) is 2.55. The monoisotopic (exact) mass is 361 g/mol. The summed E-state index contributed by atoms with van der Waals surface area (Å²) in [6.07, 6.45) is 3.00. The fourth-order valence-corrected chi connectivity index (χ4v) is 2.19. The number of rotatable bonds is 4. The summed E-state index contributed by atoms with van der Waals surface area (Å²) in [6.45, 7) is 0.